The van der Waals surface area contributed by atoms with E-state index in [0.717, 1.165) is 16.5 Å². The first kappa shape index (κ1) is 41.2. The van der Waals surface area contributed by atoms with Gasteiger partial charge in [-0.3, -0.25) is 19.8 Å². The van der Waals surface area contributed by atoms with Crippen LogP contribution in [0.2, 0.25) is 10.0 Å². The van der Waals surface area contributed by atoms with Crippen molar-refractivity contribution in [3.05, 3.63) is 92.5 Å². The number of hydroxylamine groups is 3. The van der Waals surface area contributed by atoms with E-state index in [-0.39, 0.29) is 49.9 Å². The minimum absolute atomic E-state index is 0. The maximum atomic E-state index is 12.5. The summed E-state index contributed by atoms with van der Waals surface area (Å²) in [6.07, 6.45) is 1.13. The predicted molar refractivity (Wildman–Crippen MR) is 195 cm³/mol. The van der Waals surface area contributed by atoms with Crippen LogP contribution in [0.5, 0.6) is 0 Å². The molecule has 0 aliphatic carbocycles. The molecule has 0 saturated carbocycles. The maximum absolute atomic E-state index is 12.5. The van der Waals surface area contributed by atoms with Crippen molar-refractivity contribution < 1.29 is 34.0 Å². The van der Waals surface area contributed by atoms with Crippen molar-refractivity contribution in [3.8, 4) is 0 Å². The van der Waals surface area contributed by atoms with Crippen LogP contribution in [0.1, 0.15) is 50.9 Å². The molecule has 6 rings (SSSR count). The number of aromatic nitrogens is 4. The summed E-state index contributed by atoms with van der Waals surface area (Å²) in [7, 11) is 6.19. The Morgan fingerprint density at radius 3 is 1.67 bits per heavy atom. The SMILES string of the molecule is C.CNOC.CON(C)C(=O)c1n[nH]c2c1CN(C(=O)Nc1cccc(Cl)c1)CC2.O=C(O)c1n[nH]c2c1CN(C(=O)Nc1cccc(Cl)c1)CC2. The van der Waals surface area contributed by atoms with Crippen LogP contribution >= 0.6 is 23.2 Å². The quantitative estimate of drug-likeness (QED) is 0.144. The highest BCUT2D eigenvalue weighted by Crippen LogP contribution is 2.24. The predicted octanol–water partition coefficient (Wildman–Crippen LogP) is 5.04. The van der Waals surface area contributed by atoms with Crippen LogP contribution in [0.4, 0.5) is 21.0 Å². The fourth-order valence-corrected chi connectivity index (χ4v) is 5.44. The summed E-state index contributed by atoms with van der Waals surface area (Å²) < 4.78 is 0. The van der Waals surface area contributed by atoms with Crippen LogP contribution in [0.15, 0.2) is 48.5 Å². The topological polar surface area (TPSA) is 210 Å². The Morgan fingerprint density at radius 2 is 1.27 bits per heavy atom. The van der Waals surface area contributed by atoms with Crippen molar-refractivity contribution in [1.82, 2.24) is 40.7 Å². The fraction of sp³-hybridized carbons (Fsp3) is 0.333. The summed E-state index contributed by atoms with van der Waals surface area (Å²) in [6, 6.07) is 13.2. The molecule has 0 radical (unpaired) electrons. The number of hydrogen-bond acceptors (Lipinski definition) is 9. The molecule has 4 heterocycles. The van der Waals surface area contributed by atoms with Gasteiger partial charge in [-0.1, -0.05) is 42.8 Å². The van der Waals surface area contributed by atoms with Gasteiger partial charge in [0.15, 0.2) is 11.4 Å². The van der Waals surface area contributed by atoms with E-state index in [9.17, 15) is 19.2 Å². The standard InChI is InChI=1S/C16H18ClN5O3.C14H13ClN4O3.C2H7NO.CH4/c1-21(25-2)15(23)14-12-9-22(7-6-13(12)19-20-14)16(24)18-11-5-3-4-10(17)8-11;15-8-2-1-3-9(6-8)16-14(22)19-5-4-11-10(7-19)12(13(20)21)18-17-11;1-3-4-2;/h3-5,8H,6-7,9H2,1-2H3,(H,18,24)(H,19,20);1-3,6H,4-5,7H2,(H,16,22)(H,17,18)(H,20,21);3H,1-2H3;1H4. The highest BCUT2D eigenvalue weighted by atomic mass is 35.5. The second-order valence-electron chi connectivity index (χ2n) is 11.0. The summed E-state index contributed by atoms with van der Waals surface area (Å²) in [4.78, 5) is 60.6. The normalized spacial score (nSPS) is 12.7. The lowest BCUT2D eigenvalue weighted by molar-refractivity contribution is -0.0761. The number of nitrogens with one attached hydrogen (secondary N) is 5. The molecule has 52 heavy (non-hydrogen) atoms. The van der Waals surface area contributed by atoms with E-state index in [0.29, 0.717) is 58.5 Å². The zero-order valence-electron chi connectivity index (χ0n) is 28.3. The van der Waals surface area contributed by atoms with Gasteiger partial charge in [-0.2, -0.15) is 10.2 Å². The highest BCUT2D eigenvalue weighted by Gasteiger charge is 2.30. The van der Waals surface area contributed by atoms with Gasteiger partial charge < -0.3 is 30.4 Å². The maximum Gasteiger partial charge on any atom is 0.356 e. The number of carbonyl (C=O) groups is 4. The van der Waals surface area contributed by atoms with Crippen molar-refractivity contribution in [1.29, 1.82) is 0 Å². The van der Waals surface area contributed by atoms with Crippen LogP contribution in [0.3, 0.4) is 0 Å². The molecule has 4 aromatic rings. The molecule has 17 nitrogen and oxygen atoms in total. The molecule has 0 unspecified atom stereocenters. The summed E-state index contributed by atoms with van der Waals surface area (Å²) >= 11 is 11.8. The van der Waals surface area contributed by atoms with Crippen molar-refractivity contribution in [2.75, 3.05) is 52.0 Å². The summed E-state index contributed by atoms with van der Waals surface area (Å²) in [6.45, 7) is 1.51. The zero-order valence-corrected chi connectivity index (χ0v) is 29.8. The Bertz CT molecular complexity index is 1850. The molecular formula is C33H42Cl2N10O7. The minimum atomic E-state index is -1.10. The largest absolute Gasteiger partial charge is 0.476 e. The van der Waals surface area contributed by atoms with Gasteiger partial charge in [-0.15, -0.1) is 0 Å². The molecule has 0 atom stereocenters. The van der Waals surface area contributed by atoms with E-state index < -0.39 is 5.97 Å². The second-order valence-corrected chi connectivity index (χ2v) is 11.9. The average Bonchev–Trinajstić information content (AvgIpc) is 3.75. The van der Waals surface area contributed by atoms with Crippen LogP contribution in [-0.4, -0.2) is 106 Å². The number of urea groups is 2. The lowest BCUT2D eigenvalue weighted by Gasteiger charge is -2.27. The van der Waals surface area contributed by atoms with E-state index in [1.54, 1.807) is 72.5 Å². The molecule has 2 aromatic carbocycles. The number of fused-ring (bicyclic) bond motifs is 2. The van der Waals surface area contributed by atoms with Gasteiger partial charge >= 0.3 is 18.0 Å². The van der Waals surface area contributed by atoms with Gasteiger partial charge in [-0.25, -0.2) is 24.9 Å². The van der Waals surface area contributed by atoms with Crippen LogP contribution in [-0.2, 0) is 35.6 Å². The van der Waals surface area contributed by atoms with Gasteiger partial charge in [-0.05, 0) is 36.4 Å². The molecule has 2 aliphatic rings. The zero-order chi connectivity index (χ0) is 37.1. The van der Waals surface area contributed by atoms with Crippen molar-refractivity contribution in [2.24, 2.45) is 0 Å². The van der Waals surface area contributed by atoms with Gasteiger partial charge in [0, 0.05) is 84.0 Å². The first-order valence-electron chi connectivity index (χ1n) is 15.5. The second kappa shape index (κ2) is 19.4. The smallest absolute Gasteiger partial charge is 0.356 e. The van der Waals surface area contributed by atoms with E-state index in [2.05, 4.69) is 41.3 Å². The molecule has 0 bridgehead atoms. The lowest BCUT2D eigenvalue weighted by atomic mass is 10.1. The van der Waals surface area contributed by atoms with Gasteiger partial charge in [0.1, 0.15) is 0 Å². The molecule has 0 fully saturated rings. The van der Waals surface area contributed by atoms with Crippen LogP contribution < -0.4 is 16.1 Å². The number of carboxylic acid groups (broad SMARTS) is 1. The Kier molecular flexibility index (Phi) is 15.4. The molecule has 0 saturated heterocycles. The third-order valence-electron chi connectivity index (χ3n) is 7.76. The lowest BCUT2D eigenvalue weighted by Crippen LogP contribution is -2.39. The molecule has 280 valence electrons. The number of anilines is 2. The fourth-order valence-electron chi connectivity index (χ4n) is 5.06. The average molecular weight is 762 g/mol. The highest BCUT2D eigenvalue weighted by molar-refractivity contribution is 6.31. The van der Waals surface area contributed by atoms with Crippen LogP contribution in [0, 0.1) is 0 Å². The number of amides is 5. The molecule has 0 spiro atoms. The number of nitrogens with zero attached hydrogens (tertiary/aromatic N) is 5. The Labute approximate surface area is 310 Å². The molecule has 5 amide bonds. The number of carboxylic acids is 1. The number of rotatable bonds is 6. The third kappa shape index (κ3) is 10.7. The minimum Gasteiger partial charge on any atom is -0.476 e. The van der Waals surface area contributed by atoms with Crippen molar-refractivity contribution >= 4 is 58.5 Å². The number of hydrogen-bond donors (Lipinski definition) is 6. The van der Waals surface area contributed by atoms with E-state index in [1.165, 1.54) is 14.2 Å². The van der Waals surface area contributed by atoms with Gasteiger partial charge in [0.05, 0.1) is 27.3 Å². The summed E-state index contributed by atoms with van der Waals surface area (Å²) in [5, 5.41) is 30.3. The van der Waals surface area contributed by atoms with E-state index in [4.69, 9.17) is 33.1 Å². The Morgan fingerprint density at radius 1 is 0.827 bits per heavy atom. The first-order chi connectivity index (χ1) is 24.4. The van der Waals surface area contributed by atoms with Crippen molar-refractivity contribution in [3.63, 3.8) is 0 Å². The summed E-state index contributed by atoms with van der Waals surface area (Å²) in [5.41, 5.74) is 6.76. The first-order valence-corrected chi connectivity index (χ1v) is 16.2. The molecule has 6 N–H and O–H groups in total. The van der Waals surface area contributed by atoms with Gasteiger partial charge in [0.2, 0.25) is 0 Å². The molecular weight excluding hydrogens is 719 g/mol. The Hall–Kier alpha value is -5.20. The van der Waals surface area contributed by atoms with E-state index in [1.807, 2.05) is 0 Å². The molecule has 2 aromatic heterocycles. The summed E-state index contributed by atoms with van der Waals surface area (Å²) in [5.74, 6) is -1.47. The number of H-pyrrole nitrogens is 2. The number of aromatic carboxylic acids is 1. The number of halogens is 2. The van der Waals surface area contributed by atoms with Crippen molar-refractivity contribution in [2.45, 2.75) is 33.4 Å². The van der Waals surface area contributed by atoms with Gasteiger partial charge in [0.25, 0.3) is 5.91 Å². The third-order valence-corrected chi connectivity index (χ3v) is 8.23. The Balaban J connectivity index is 0.000000251. The number of benzene rings is 2. The number of carbonyl (C=O) groups excluding carboxylic acids is 3. The monoisotopic (exact) mass is 760 g/mol. The molecule has 19 heteroatoms. The van der Waals surface area contributed by atoms with Crippen LogP contribution in [0.25, 0.3) is 0 Å². The number of aromatic amines is 2. The van der Waals surface area contributed by atoms with E-state index >= 15 is 0 Å². The molecule has 2 aliphatic heterocycles.